The van der Waals surface area contributed by atoms with Gasteiger partial charge in [0.1, 0.15) is 0 Å². The number of halogens is 1. The molecule has 0 unspecified atom stereocenters. The Kier molecular flexibility index (Phi) is 2.22. The van der Waals surface area contributed by atoms with Crippen molar-refractivity contribution in [3.05, 3.63) is 22.7 Å². The highest BCUT2D eigenvalue weighted by Crippen LogP contribution is 2.34. The molecule has 0 aromatic heterocycles. The van der Waals surface area contributed by atoms with E-state index in [0.717, 1.165) is 10.2 Å². The molecule has 1 aromatic carbocycles. The first-order chi connectivity index (χ1) is 6.27. The largest absolute Gasteiger partial charge is 0.423 e. The van der Waals surface area contributed by atoms with E-state index in [0.29, 0.717) is 18.7 Å². The molecule has 3 nitrogen and oxygen atoms in total. The number of carbonyl (C=O) groups is 1. The van der Waals surface area contributed by atoms with Gasteiger partial charge in [0.2, 0.25) is 0 Å². The van der Waals surface area contributed by atoms with E-state index in [2.05, 4.69) is 21.2 Å². The van der Waals surface area contributed by atoms with Gasteiger partial charge in [-0.05, 0) is 28.1 Å². The zero-order chi connectivity index (χ0) is 9.26. The molecule has 0 spiro atoms. The second-order valence-electron chi connectivity index (χ2n) is 2.77. The van der Waals surface area contributed by atoms with E-state index in [9.17, 15) is 4.79 Å². The maximum Gasteiger partial charge on any atom is 0.313 e. The molecule has 0 bridgehead atoms. The second kappa shape index (κ2) is 3.38. The Morgan fingerprint density at radius 1 is 1.46 bits per heavy atom. The van der Waals surface area contributed by atoms with Crippen LogP contribution in [0.15, 0.2) is 22.7 Å². The summed E-state index contributed by atoms with van der Waals surface area (Å²) in [5.41, 5.74) is 0.861. The molecule has 4 heteroatoms. The molecule has 2 rings (SSSR count). The number of nitrogens with one attached hydrogen (secondary N) is 1. The van der Waals surface area contributed by atoms with Gasteiger partial charge in [0.15, 0.2) is 5.75 Å². The molecule has 1 aromatic rings. The molecule has 13 heavy (non-hydrogen) atoms. The molecule has 0 fully saturated rings. The number of esters is 1. The van der Waals surface area contributed by atoms with Crippen LogP contribution in [-0.4, -0.2) is 12.5 Å². The Morgan fingerprint density at radius 2 is 2.31 bits per heavy atom. The zero-order valence-electron chi connectivity index (χ0n) is 6.84. The third-order valence-electron chi connectivity index (χ3n) is 1.83. The Balaban J connectivity index is 2.46. The Hall–Kier alpha value is -1.03. The van der Waals surface area contributed by atoms with Crippen molar-refractivity contribution in [2.45, 2.75) is 6.42 Å². The van der Waals surface area contributed by atoms with Gasteiger partial charge in [0.25, 0.3) is 0 Å². The summed E-state index contributed by atoms with van der Waals surface area (Å²) < 4.78 is 5.94. The van der Waals surface area contributed by atoms with Crippen LogP contribution in [0.1, 0.15) is 6.42 Å². The number of benzene rings is 1. The molecule has 0 atom stereocenters. The maximum absolute atomic E-state index is 11.1. The van der Waals surface area contributed by atoms with Gasteiger partial charge in [0.05, 0.1) is 16.6 Å². The topological polar surface area (TPSA) is 38.3 Å². The SMILES string of the molecule is O=C1CCNc2cccc(Br)c2O1. The molecule has 68 valence electrons. The van der Waals surface area contributed by atoms with Crippen LogP contribution in [0.2, 0.25) is 0 Å². The molecule has 1 N–H and O–H groups in total. The minimum atomic E-state index is -0.196. The zero-order valence-corrected chi connectivity index (χ0v) is 8.43. The molecule has 0 amide bonds. The lowest BCUT2D eigenvalue weighted by atomic mass is 10.3. The van der Waals surface area contributed by atoms with Gasteiger partial charge in [-0.3, -0.25) is 4.79 Å². The van der Waals surface area contributed by atoms with E-state index >= 15 is 0 Å². The molecule has 0 saturated heterocycles. The van der Waals surface area contributed by atoms with E-state index in [1.165, 1.54) is 0 Å². The molecule has 1 aliphatic heterocycles. The number of anilines is 1. The summed E-state index contributed by atoms with van der Waals surface area (Å²) in [7, 11) is 0. The fourth-order valence-electron chi connectivity index (χ4n) is 1.22. The first-order valence-electron chi connectivity index (χ1n) is 4.00. The quantitative estimate of drug-likeness (QED) is 0.559. The number of hydrogen-bond acceptors (Lipinski definition) is 3. The number of rotatable bonds is 0. The Labute approximate surface area is 84.2 Å². The molecular weight excluding hydrogens is 234 g/mol. The summed E-state index contributed by atoms with van der Waals surface area (Å²) in [5.74, 6) is 0.392. The summed E-state index contributed by atoms with van der Waals surface area (Å²) in [5, 5.41) is 3.12. The van der Waals surface area contributed by atoms with Gasteiger partial charge in [-0.2, -0.15) is 0 Å². The average molecular weight is 242 g/mol. The molecule has 0 aliphatic carbocycles. The number of ether oxygens (including phenoxy) is 1. The minimum absolute atomic E-state index is 0.196. The predicted octanol–water partition coefficient (Wildman–Crippen LogP) is 2.17. The Bertz CT molecular complexity index is 351. The van der Waals surface area contributed by atoms with Crippen LogP contribution < -0.4 is 10.1 Å². The normalized spacial score (nSPS) is 15.3. The molecule has 0 radical (unpaired) electrons. The van der Waals surface area contributed by atoms with Crippen molar-refractivity contribution in [1.29, 1.82) is 0 Å². The first-order valence-corrected chi connectivity index (χ1v) is 4.80. The monoisotopic (exact) mass is 241 g/mol. The van der Waals surface area contributed by atoms with Crippen molar-refractivity contribution in [3.8, 4) is 5.75 Å². The van der Waals surface area contributed by atoms with E-state index < -0.39 is 0 Å². The van der Waals surface area contributed by atoms with Crippen LogP contribution in [0.25, 0.3) is 0 Å². The van der Waals surface area contributed by atoms with Gasteiger partial charge in [0, 0.05) is 6.54 Å². The van der Waals surface area contributed by atoms with Gasteiger partial charge in [-0.15, -0.1) is 0 Å². The average Bonchev–Trinajstić information content (AvgIpc) is 2.28. The van der Waals surface area contributed by atoms with Crippen molar-refractivity contribution in [2.75, 3.05) is 11.9 Å². The summed E-state index contributed by atoms with van der Waals surface area (Å²) in [6.45, 7) is 0.627. The highest BCUT2D eigenvalue weighted by Gasteiger charge is 2.16. The van der Waals surface area contributed by atoms with Crippen LogP contribution in [-0.2, 0) is 4.79 Å². The van der Waals surface area contributed by atoms with Crippen LogP contribution in [0.4, 0.5) is 5.69 Å². The van der Waals surface area contributed by atoms with Crippen molar-refractivity contribution in [3.63, 3.8) is 0 Å². The summed E-state index contributed by atoms with van der Waals surface area (Å²) >= 11 is 3.33. The van der Waals surface area contributed by atoms with E-state index in [4.69, 9.17) is 4.74 Å². The van der Waals surface area contributed by atoms with Crippen LogP contribution in [0.3, 0.4) is 0 Å². The lowest BCUT2D eigenvalue weighted by molar-refractivity contribution is -0.133. The van der Waals surface area contributed by atoms with Crippen molar-refractivity contribution >= 4 is 27.6 Å². The fraction of sp³-hybridized carbons (Fsp3) is 0.222. The lowest BCUT2D eigenvalue weighted by Gasteiger charge is -2.07. The van der Waals surface area contributed by atoms with Crippen LogP contribution in [0, 0.1) is 0 Å². The maximum atomic E-state index is 11.1. The number of carbonyl (C=O) groups excluding carboxylic acids is 1. The highest BCUT2D eigenvalue weighted by atomic mass is 79.9. The smallest absolute Gasteiger partial charge is 0.313 e. The summed E-state index contributed by atoms with van der Waals surface area (Å²) in [4.78, 5) is 11.1. The van der Waals surface area contributed by atoms with Crippen molar-refractivity contribution < 1.29 is 9.53 Å². The van der Waals surface area contributed by atoms with Crippen molar-refractivity contribution in [1.82, 2.24) is 0 Å². The second-order valence-corrected chi connectivity index (χ2v) is 3.62. The van der Waals surface area contributed by atoms with E-state index in [-0.39, 0.29) is 5.97 Å². The molecular formula is C9H8BrNO2. The standard InChI is InChI=1S/C9H8BrNO2/c10-6-2-1-3-7-9(6)13-8(12)4-5-11-7/h1-3,11H,4-5H2. The third-order valence-corrected chi connectivity index (χ3v) is 2.45. The van der Waals surface area contributed by atoms with Gasteiger partial charge < -0.3 is 10.1 Å². The number of hydrogen-bond donors (Lipinski definition) is 1. The fourth-order valence-corrected chi connectivity index (χ4v) is 1.66. The first kappa shape index (κ1) is 8.56. The van der Waals surface area contributed by atoms with Crippen LogP contribution >= 0.6 is 15.9 Å². The van der Waals surface area contributed by atoms with Gasteiger partial charge >= 0.3 is 5.97 Å². The molecule has 0 saturated carbocycles. The van der Waals surface area contributed by atoms with Gasteiger partial charge in [-0.25, -0.2) is 0 Å². The third kappa shape index (κ3) is 1.67. The van der Waals surface area contributed by atoms with E-state index in [1.807, 2.05) is 18.2 Å². The van der Waals surface area contributed by atoms with Crippen LogP contribution in [0.5, 0.6) is 5.75 Å². The molecule has 1 aliphatic rings. The Morgan fingerprint density at radius 3 is 3.15 bits per heavy atom. The predicted molar refractivity (Wildman–Crippen MR) is 52.9 cm³/mol. The minimum Gasteiger partial charge on any atom is -0.423 e. The lowest BCUT2D eigenvalue weighted by Crippen LogP contribution is -2.08. The van der Waals surface area contributed by atoms with Gasteiger partial charge in [-0.1, -0.05) is 6.07 Å². The number of para-hydroxylation sites is 1. The molecule has 1 heterocycles. The number of fused-ring (bicyclic) bond motifs is 1. The summed E-state index contributed by atoms with van der Waals surface area (Å²) in [6.07, 6.45) is 0.404. The summed E-state index contributed by atoms with van der Waals surface area (Å²) in [6, 6.07) is 5.63. The van der Waals surface area contributed by atoms with Crippen molar-refractivity contribution in [2.24, 2.45) is 0 Å². The van der Waals surface area contributed by atoms with E-state index in [1.54, 1.807) is 0 Å². The highest BCUT2D eigenvalue weighted by molar-refractivity contribution is 9.10.